The quantitative estimate of drug-likeness (QED) is 0.685. The van der Waals surface area contributed by atoms with Crippen molar-refractivity contribution in [1.82, 2.24) is 5.32 Å². The summed E-state index contributed by atoms with van der Waals surface area (Å²) in [4.78, 5) is 0. The minimum atomic E-state index is -2.86. The van der Waals surface area contributed by atoms with Crippen molar-refractivity contribution in [3.05, 3.63) is 0 Å². The molecule has 1 fully saturated rings. The average molecular weight is 277 g/mol. The molecule has 0 atom stereocenters. The maximum absolute atomic E-state index is 11.7. The van der Waals surface area contributed by atoms with E-state index in [4.69, 9.17) is 4.74 Å². The van der Waals surface area contributed by atoms with Crippen molar-refractivity contribution in [2.24, 2.45) is 5.41 Å². The highest BCUT2D eigenvalue weighted by molar-refractivity contribution is 7.91. The fourth-order valence-corrected chi connectivity index (χ4v) is 3.40. The van der Waals surface area contributed by atoms with Crippen LogP contribution in [0.25, 0.3) is 0 Å². The predicted molar refractivity (Wildman–Crippen MR) is 74.6 cm³/mol. The molecule has 0 saturated carbocycles. The van der Waals surface area contributed by atoms with Gasteiger partial charge in [-0.1, -0.05) is 13.8 Å². The normalized spacial score (nSPS) is 19.9. The van der Waals surface area contributed by atoms with Crippen molar-refractivity contribution in [3.8, 4) is 0 Å². The molecule has 0 aromatic rings. The lowest BCUT2D eigenvalue weighted by Crippen LogP contribution is -2.40. The maximum atomic E-state index is 11.7. The zero-order chi connectivity index (χ0) is 13.5. The molecule has 0 aromatic heterocycles. The number of nitrogens with one attached hydrogen (secondary N) is 1. The molecule has 1 aliphatic heterocycles. The van der Waals surface area contributed by atoms with E-state index in [1.165, 1.54) is 0 Å². The Morgan fingerprint density at radius 2 is 1.89 bits per heavy atom. The van der Waals surface area contributed by atoms with E-state index in [1.807, 2.05) is 0 Å². The van der Waals surface area contributed by atoms with E-state index in [2.05, 4.69) is 12.2 Å². The lowest BCUT2D eigenvalue weighted by molar-refractivity contribution is 0.0133. The second kappa shape index (κ2) is 7.46. The van der Waals surface area contributed by atoms with Gasteiger partial charge in [0.1, 0.15) is 9.84 Å². The van der Waals surface area contributed by atoms with Crippen LogP contribution in [0, 0.1) is 5.41 Å². The molecule has 1 aliphatic rings. The molecule has 0 spiro atoms. The Hall–Kier alpha value is -0.130. The Balaban J connectivity index is 2.54. The summed E-state index contributed by atoms with van der Waals surface area (Å²) in [6.45, 7) is 7.32. The van der Waals surface area contributed by atoms with Crippen LogP contribution in [-0.4, -0.2) is 46.2 Å². The fraction of sp³-hybridized carbons (Fsp3) is 1.00. The van der Waals surface area contributed by atoms with Gasteiger partial charge in [0.25, 0.3) is 0 Å². The second-order valence-corrected chi connectivity index (χ2v) is 7.75. The van der Waals surface area contributed by atoms with Crippen LogP contribution in [0.4, 0.5) is 0 Å². The molecule has 1 N–H and O–H groups in total. The third-order valence-corrected chi connectivity index (χ3v) is 5.57. The summed E-state index contributed by atoms with van der Waals surface area (Å²) in [6, 6.07) is 0. The molecule has 0 aliphatic carbocycles. The van der Waals surface area contributed by atoms with Gasteiger partial charge in [-0.15, -0.1) is 0 Å². The number of hydrogen-bond acceptors (Lipinski definition) is 4. The molecular weight excluding hydrogens is 250 g/mol. The Morgan fingerprint density at radius 3 is 2.44 bits per heavy atom. The summed E-state index contributed by atoms with van der Waals surface area (Å²) in [6.07, 6.45) is 3.83. The van der Waals surface area contributed by atoms with Gasteiger partial charge in [0.15, 0.2) is 0 Å². The Bertz CT molecular complexity index is 321. The van der Waals surface area contributed by atoms with Crippen LogP contribution in [0.3, 0.4) is 0 Å². The van der Waals surface area contributed by atoms with Crippen LogP contribution in [0.5, 0.6) is 0 Å². The average Bonchev–Trinajstić information content (AvgIpc) is 2.38. The summed E-state index contributed by atoms with van der Waals surface area (Å²) in [7, 11) is -2.86. The van der Waals surface area contributed by atoms with E-state index in [1.54, 1.807) is 6.92 Å². The predicted octanol–water partition coefficient (Wildman–Crippen LogP) is 1.61. The molecule has 18 heavy (non-hydrogen) atoms. The van der Waals surface area contributed by atoms with Gasteiger partial charge in [0.2, 0.25) is 0 Å². The molecule has 0 aromatic carbocycles. The highest BCUT2D eigenvalue weighted by Crippen LogP contribution is 2.34. The summed E-state index contributed by atoms with van der Waals surface area (Å²) >= 11 is 0. The van der Waals surface area contributed by atoms with Crippen molar-refractivity contribution in [2.75, 3.05) is 37.8 Å². The molecule has 0 amide bonds. The fourth-order valence-electron chi connectivity index (χ4n) is 2.37. The Morgan fingerprint density at radius 1 is 1.22 bits per heavy atom. The van der Waals surface area contributed by atoms with Crippen molar-refractivity contribution in [3.63, 3.8) is 0 Å². The second-order valence-electron chi connectivity index (χ2n) is 5.28. The molecule has 1 heterocycles. The standard InChI is InChI=1S/C13H27NO3S/c1-3-8-14-12-13(5-9-17-10-6-13)7-11-18(15,16)4-2/h14H,3-12H2,1-2H3. The Labute approximate surface area is 111 Å². The highest BCUT2D eigenvalue weighted by atomic mass is 32.2. The van der Waals surface area contributed by atoms with Crippen molar-refractivity contribution >= 4 is 9.84 Å². The Kier molecular flexibility index (Phi) is 6.60. The van der Waals surface area contributed by atoms with Gasteiger partial charge in [-0.3, -0.25) is 0 Å². The van der Waals surface area contributed by atoms with Crippen LogP contribution in [-0.2, 0) is 14.6 Å². The van der Waals surface area contributed by atoms with E-state index < -0.39 is 9.84 Å². The van der Waals surface area contributed by atoms with E-state index in [9.17, 15) is 8.42 Å². The highest BCUT2D eigenvalue weighted by Gasteiger charge is 2.33. The number of rotatable bonds is 8. The van der Waals surface area contributed by atoms with Gasteiger partial charge in [-0.25, -0.2) is 8.42 Å². The summed E-state index contributed by atoms with van der Waals surface area (Å²) in [5, 5.41) is 3.45. The SMILES string of the molecule is CCCNCC1(CCS(=O)(=O)CC)CCOCC1. The van der Waals surface area contributed by atoms with Crippen LogP contribution in [0.2, 0.25) is 0 Å². The number of sulfone groups is 1. The first kappa shape index (κ1) is 15.9. The molecule has 5 heteroatoms. The van der Waals surface area contributed by atoms with E-state index in [-0.39, 0.29) is 11.2 Å². The third-order valence-electron chi connectivity index (χ3n) is 3.86. The molecule has 108 valence electrons. The molecule has 0 unspecified atom stereocenters. The third kappa shape index (κ3) is 5.24. The molecular formula is C13H27NO3S. The topological polar surface area (TPSA) is 55.4 Å². The molecule has 0 bridgehead atoms. The molecule has 1 saturated heterocycles. The van der Waals surface area contributed by atoms with Crippen molar-refractivity contribution in [2.45, 2.75) is 39.5 Å². The summed E-state index contributed by atoms with van der Waals surface area (Å²) in [5.41, 5.74) is 0.121. The monoisotopic (exact) mass is 277 g/mol. The van der Waals surface area contributed by atoms with E-state index in [0.717, 1.165) is 52.0 Å². The summed E-state index contributed by atoms with van der Waals surface area (Å²) < 4.78 is 28.7. The van der Waals surface area contributed by atoms with Gasteiger partial charge >= 0.3 is 0 Å². The minimum Gasteiger partial charge on any atom is -0.381 e. The first-order valence-corrected chi connectivity index (χ1v) is 8.84. The van der Waals surface area contributed by atoms with Crippen LogP contribution < -0.4 is 5.32 Å². The number of hydrogen-bond donors (Lipinski definition) is 1. The number of ether oxygens (including phenoxy) is 1. The largest absolute Gasteiger partial charge is 0.381 e. The van der Waals surface area contributed by atoms with Crippen LogP contribution >= 0.6 is 0 Å². The maximum Gasteiger partial charge on any atom is 0.150 e. The van der Waals surface area contributed by atoms with Crippen molar-refractivity contribution < 1.29 is 13.2 Å². The van der Waals surface area contributed by atoms with Gasteiger partial charge in [0, 0.05) is 25.5 Å². The molecule has 4 nitrogen and oxygen atoms in total. The first-order valence-electron chi connectivity index (χ1n) is 7.02. The lowest BCUT2D eigenvalue weighted by Gasteiger charge is -2.37. The summed E-state index contributed by atoms with van der Waals surface area (Å²) in [5.74, 6) is 0.569. The van der Waals surface area contributed by atoms with Gasteiger partial charge < -0.3 is 10.1 Å². The lowest BCUT2D eigenvalue weighted by atomic mass is 9.78. The molecule has 1 rings (SSSR count). The van der Waals surface area contributed by atoms with Crippen LogP contribution in [0.15, 0.2) is 0 Å². The van der Waals surface area contributed by atoms with E-state index in [0.29, 0.717) is 5.75 Å². The minimum absolute atomic E-state index is 0.121. The van der Waals surface area contributed by atoms with Gasteiger partial charge in [-0.05, 0) is 37.6 Å². The van der Waals surface area contributed by atoms with Gasteiger partial charge in [0.05, 0.1) is 5.75 Å². The van der Waals surface area contributed by atoms with E-state index >= 15 is 0 Å². The van der Waals surface area contributed by atoms with Crippen molar-refractivity contribution in [1.29, 1.82) is 0 Å². The zero-order valence-corrected chi connectivity index (χ0v) is 12.5. The van der Waals surface area contributed by atoms with Crippen LogP contribution in [0.1, 0.15) is 39.5 Å². The smallest absolute Gasteiger partial charge is 0.150 e. The van der Waals surface area contributed by atoms with Gasteiger partial charge in [-0.2, -0.15) is 0 Å². The molecule has 0 radical (unpaired) electrons. The first-order chi connectivity index (χ1) is 8.54. The zero-order valence-electron chi connectivity index (χ0n) is 11.7.